The van der Waals surface area contributed by atoms with Crippen LogP contribution in [-0.2, 0) is 19.1 Å². The lowest BCUT2D eigenvalue weighted by atomic mass is 9.72. The summed E-state index contributed by atoms with van der Waals surface area (Å²) in [5.74, 6) is -0.810. The molecule has 1 heterocycles. The summed E-state index contributed by atoms with van der Waals surface area (Å²) in [6, 6.07) is 0. The van der Waals surface area contributed by atoms with E-state index in [1.165, 1.54) is 7.11 Å². The quantitative estimate of drug-likeness (QED) is 0.429. The van der Waals surface area contributed by atoms with E-state index in [1.54, 1.807) is 13.8 Å². The van der Waals surface area contributed by atoms with Crippen LogP contribution in [-0.4, -0.2) is 31.1 Å². The van der Waals surface area contributed by atoms with Crippen LogP contribution >= 0.6 is 0 Å². The molecule has 1 fully saturated rings. The largest absolute Gasteiger partial charge is 0.468 e. The van der Waals surface area contributed by atoms with Crippen LogP contribution in [0.5, 0.6) is 0 Å². The van der Waals surface area contributed by atoms with Gasteiger partial charge in [0.25, 0.3) is 0 Å². The van der Waals surface area contributed by atoms with Gasteiger partial charge in [-0.15, -0.1) is 0 Å². The van der Waals surface area contributed by atoms with Gasteiger partial charge in [-0.25, -0.2) is 0 Å². The molecule has 0 aliphatic carbocycles. The summed E-state index contributed by atoms with van der Waals surface area (Å²) < 4.78 is 10.5. The molecule has 1 aliphatic heterocycles. The lowest BCUT2D eigenvalue weighted by molar-refractivity contribution is -0.175. The second-order valence-corrected chi connectivity index (χ2v) is 4.60. The first-order valence-corrected chi connectivity index (χ1v) is 5.87. The molecule has 0 radical (unpaired) electrons. The van der Waals surface area contributed by atoms with Crippen LogP contribution in [0.25, 0.3) is 0 Å². The van der Waals surface area contributed by atoms with E-state index >= 15 is 0 Å². The van der Waals surface area contributed by atoms with Crippen molar-refractivity contribution >= 4 is 11.8 Å². The third-order valence-corrected chi connectivity index (χ3v) is 3.43. The fraction of sp³-hybridized carbons (Fsp3) is 0.692. The monoisotopic (exact) mass is 240 g/mol. The summed E-state index contributed by atoms with van der Waals surface area (Å²) in [4.78, 5) is 24.1. The Balaban J connectivity index is 3.14. The van der Waals surface area contributed by atoms with Gasteiger partial charge in [0.05, 0.1) is 19.3 Å². The normalized spacial score (nSPS) is 33.6. The fourth-order valence-electron chi connectivity index (χ4n) is 2.18. The molecule has 17 heavy (non-hydrogen) atoms. The van der Waals surface area contributed by atoms with Gasteiger partial charge in [0, 0.05) is 5.57 Å². The number of carbonyl (C=O) groups excluding carboxylic acids is 2. The summed E-state index contributed by atoms with van der Waals surface area (Å²) in [6.07, 6.45) is 0.711. The van der Waals surface area contributed by atoms with Gasteiger partial charge in [-0.05, 0) is 20.3 Å². The van der Waals surface area contributed by atoms with E-state index in [2.05, 4.69) is 6.58 Å². The molecule has 0 N–H and O–H groups in total. The molecule has 1 saturated heterocycles. The molecule has 0 saturated carbocycles. The van der Waals surface area contributed by atoms with Crippen molar-refractivity contribution in [2.75, 3.05) is 7.11 Å². The van der Waals surface area contributed by atoms with Gasteiger partial charge in [-0.2, -0.15) is 0 Å². The fourth-order valence-corrected chi connectivity index (χ4v) is 2.18. The van der Waals surface area contributed by atoms with Gasteiger partial charge in [-0.1, -0.05) is 19.9 Å². The number of hydrogen-bond acceptors (Lipinski definition) is 4. The first kappa shape index (κ1) is 13.9. The van der Waals surface area contributed by atoms with Crippen molar-refractivity contribution in [1.29, 1.82) is 0 Å². The molecular weight excluding hydrogens is 220 g/mol. The number of carbonyl (C=O) groups is 2. The molecule has 0 bridgehead atoms. The van der Waals surface area contributed by atoms with Crippen molar-refractivity contribution in [2.45, 2.75) is 45.8 Å². The SMILES string of the molecule is C=C1C(=O)C(C)(C(=O)OC)C(CCC)OC1C. The maximum Gasteiger partial charge on any atom is 0.322 e. The number of hydrogen-bond donors (Lipinski definition) is 0. The minimum atomic E-state index is -1.26. The van der Waals surface area contributed by atoms with Crippen molar-refractivity contribution in [3.05, 3.63) is 12.2 Å². The number of methoxy groups -OCH3 is 1. The maximum atomic E-state index is 12.3. The minimum absolute atomic E-state index is 0.262. The summed E-state index contributed by atoms with van der Waals surface area (Å²) in [6.45, 7) is 9.05. The number of Topliss-reactive ketones (excluding diaryl/α,β-unsaturated/α-hetero) is 1. The maximum absolute atomic E-state index is 12.3. The van der Waals surface area contributed by atoms with Crippen LogP contribution in [0.1, 0.15) is 33.6 Å². The van der Waals surface area contributed by atoms with Crippen LogP contribution in [0.2, 0.25) is 0 Å². The summed E-state index contributed by atoms with van der Waals surface area (Å²) in [7, 11) is 1.28. The van der Waals surface area contributed by atoms with E-state index < -0.39 is 17.5 Å². The van der Waals surface area contributed by atoms with Gasteiger partial charge in [0.15, 0.2) is 11.2 Å². The molecule has 1 aliphatic rings. The standard InChI is InChI=1S/C13H20O4/c1-6-7-10-13(4,12(15)16-5)11(14)8(2)9(3)17-10/h9-10H,2,6-7H2,1,3-5H3. The number of rotatable bonds is 3. The average molecular weight is 240 g/mol. The second-order valence-electron chi connectivity index (χ2n) is 4.60. The van der Waals surface area contributed by atoms with Gasteiger partial charge in [0.2, 0.25) is 0 Å². The van der Waals surface area contributed by atoms with Crippen LogP contribution < -0.4 is 0 Å². The molecule has 0 spiro atoms. The molecule has 4 heteroatoms. The highest BCUT2D eigenvalue weighted by molar-refractivity contribution is 6.13. The highest BCUT2D eigenvalue weighted by Crippen LogP contribution is 2.38. The zero-order valence-electron chi connectivity index (χ0n) is 10.9. The smallest absolute Gasteiger partial charge is 0.322 e. The predicted octanol–water partition coefficient (Wildman–Crippen LogP) is 1.88. The molecule has 0 aromatic carbocycles. The topological polar surface area (TPSA) is 52.6 Å². The minimum Gasteiger partial charge on any atom is -0.468 e. The Morgan fingerprint density at radius 2 is 2.18 bits per heavy atom. The number of esters is 1. The van der Waals surface area contributed by atoms with Crippen molar-refractivity contribution in [2.24, 2.45) is 5.41 Å². The molecule has 96 valence electrons. The molecular formula is C13H20O4. The third kappa shape index (κ3) is 2.14. The Morgan fingerprint density at radius 1 is 1.59 bits per heavy atom. The van der Waals surface area contributed by atoms with E-state index in [1.807, 2.05) is 6.92 Å². The van der Waals surface area contributed by atoms with Crippen LogP contribution in [0.3, 0.4) is 0 Å². The van der Waals surface area contributed by atoms with Crippen LogP contribution in [0.4, 0.5) is 0 Å². The Labute approximate surface area is 102 Å². The second kappa shape index (κ2) is 5.00. The zero-order valence-corrected chi connectivity index (χ0v) is 10.9. The van der Waals surface area contributed by atoms with E-state index in [4.69, 9.17) is 9.47 Å². The van der Waals surface area contributed by atoms with E-state index in [0.717, 1.165) is 6.42 Å². The summed E-state index contributed by atoms with van der Waals surface area (Å²) >= 11 is 0. The molecule has 0 aromatic heterocycles. The number of ketones is 1. The molecule has 3 unspecified atom stereocenters. The van der Waals surface area contributed by atoms with Gasteiger partial charge in [0.1, 0.15) is 0 Å². The van der Waals surface area contributed by atoms with Crippen molar-refractivity contribution in [3.63, 3.8) is 0 Å². The van der Waals surface area contributed by atoms with Crippen LogP contribution in [0.15, 0.2) is 12.2 Å². The average Bonchev–Trinajstić information content (AvgIpc) is 2.32. The Kier molecular flexibility index (Phi) is 4.09. The highest BCUT2D eigenvalue weighted by atomic mass is 16.5. The first-order chi connectivity index (χ1) is 7.89. The Bertz CT molecular complexity index is 347. The third-order valence-electron chi connectivity index (χ3n) is 3.43. The molecule has 0 aromatic rings. The molecule has 4 nitrogen and oxygen atoms in total. The lowest BCUT2D eigenvalue weighted by Gasteiger charge is -2.41. The van der Waals surface area contributed by atoms with Gasteiger partial charge < -0.3 is 9.47 Å². The summed E-state index contributed by atoms with van der Waals surface area (Å²) in [5, 5.41) is 0. The summed E-state index contributed by atoms with van der Waals surface area (Å²) in [5.41, 5.74) is -0.917. The predicted molar refractivity (Wildman–Crippen MR) is 63.5 cm³/mol. The van der Waals surface area contributed by atoms with Crippen molar-refractivity contribution in [3.8, 4) is 0 Å². The van der Waals surface area contributed by atoms with Crippen molar-refractivity contribution in [1.82, 2.24) is 0 Å². The van der Waals surface area contributed by atoms with E-state index in [9.17, 15) is 9.59 Å². The van der Waals surface area contributed by atoms with Gasteiger partial charge >= 0.3 is 5.97 Å². The van der Waals surface area contributed by atoms with E-state index in [0.29, 0.717) is 12.0 Å². The van der Waals surface area contributed by atoms with Gasteiger partial charge in [-0.3, -0.25) is 9.59 Å². The Morgan fingerprint density at radius 3 is 2.65 bits per heavy atom. The highest BCUT2D eigenvalue weighted by Gasteiger charge is 2.54. The Hall–Kier alpha value is -1.16. The lowest BCUT2D eigenvalue weighted by Crippen LogP contribution is -2.55. The first-order valence-electron chi connectivity index (χ1n) is 5.87. The molecule has 0 amide bonds. The number of ether oxygens (including phenoxy) is 2. The molecule has 1 rings (SSSR count). The molecule has 3 atom stereocenters. The van der Waals surface area contributed by atoms with Crippen molar-refractivity contribution < 1.29 is 19.1 Å². The van der Waals surface area contributed by atoms with E-state index in [-0.39, 0.29) is 11.9 Å². The zero-order chi connectivity index (χ0) is 13.2. The van der Waals surface area contributed by atoms with Crippen LogP contribution in [0, 0.1) is 5.41 Å².